The maximum atomic E-state index is 12.7. The molecule has 1 fully saturated rings. The molecule has 126 valence electrons. The molecule has 0 spiro atoms. The molecule has 2 aliphatic rings. The van der Waals surface area contributed by atoms with Crippen LogP contribution in [-0.2, 0) is 16.6 Å². The number of likely N-dealkylation sites (N-methyl/N-ethyl adjacent to an activating group) is 1. The van der Waals surface area contributed by atoms with Crippen LogP contribution in [0.1, 0.15) is 12.0 Å². The molecule has 1 aromatic heterocycles. The third-order valence-corrected chi connectivity index (χ3v) is 6.20. The largest absolute Gasteiger partial charge is 0.459 e. The van der Waals surface area contributed by atoms with Gasteiger partial charge in [0, 0.05) is 25.4 Å². The molecule has 2 aromatic rings. The molecule has 0 saturated carbocycles. The van der Waals surface area contributed by atoms with Crippen molar-refractivity contribution < 1.29 is 13.2 Å². The molecule has 3 heterocycles. The summed E-state index contributed by atoms with van der Waals surface area (Å²) in [6.45, 7) is 2.07. The van der Waals surface area contributed by atoms with Crippen molar-refractivity contribution in [1.82, 2.24) is 14.9 Å². The van der Waals surface area contributed by atoms with Gasteiger partial charge in [-0.1, -0.05) is 18.2 Å². The van der Waals surface area contributed by atoms with Gasteiger partial charge in [0.05, 0.1) is 11.4 Å². The van der Waals surface area contributed by atoms with E-state index in [-0.39, 0.29) is 18.7 Å². The van der Waals surface area contributed by atoms with E-state index in [9.17, 15) is 8.42 Å². The molecule has 8 heteroatoms. The first-order chi connectivity index (χ1) is 11.5. The fraction of sp³-hybridized carbons (Fsp3) is 0.375. The van der Waals surface area contributed by atoms with Gasteiger partial charge in [0.2, 0.25) is 0 Å². The molecular weight excluding hydrogens is 328 g/mol. The Labute approximate surface area is 140 Å². The molecule has 1 atom stereocenters. The van der Waals surface area contributed by atoms with Gasteiger partial charge in [-0.2, -0.15) is 4.98 Å². The lowest BCUT2D eigenvalue weighted by Crippen LogP contribution is -2.26. The molecule has 1 unspecified atom stereocenters. The first kappa shape index (κ1) is 15.3. The molecule has 0 aliphatic carbocycles. The molecule has 0 amide bonds. The maximum absolute atomic E-state index is 12.7. The Hall–Kier alpha value is -2.19. The lowest BCUT2D eigenvalue weighted by atomic mass is 10.2. The predicted octanol–water partition coefficient (Wildman–Crippen LogP) is 1.27. The zero-order valence-corrected chi connectivity index (χ0v) is 14.1. The number of sulfonamides is 1. The lowest BCUT2D eigenvalue weighted by Gasteiger charge is -2.17. The second-order valence-corrected chi connectivity index (χ2v) is 7.94. The van der Waals surface area contributed by atoms with E-state index in [0.717, 1.165) is 25.1 Å². The summed E-state index contributed by atoms with van der Waals surface area (Å²) in [4.78, 5) is 11.0. The molecule has 4 rings (SSSR count). The van der Waals surface area contributed by atoms with Crippen LogP contribution in [0.3, 0.4) is 0 Å². The molecule has 0 radical (unpaired) electrons. The number of aromatic nitrogens is 2. The lowest BCUT2D eigenvalue weighted by molar-refractivity contribution is 0.191. The Morgan fingerprint density at radius 2 is 2.08 bits per heavy atom. The van der Waals surface area contributed by atoms with Gasteiger partial charge in [0.1, 0.15) is 11.9 Å². The van der Waals surface area contributed by atoms with Gasteiger partial charge in [-0.15, -0.1) is 0 Å². The summed E-state index contributed by atoms with van der Waals surface area (Å²) in [5, 5.41) is 0. The predicted molar refractivity (Wildman–Crippen MR) is 88.4 cm³/mol. The van der Waals surface area contributed by atoms with E-state index in [1.54, 1.807) is 18.2 Å². The van der Waals surface area contributed by atoms with Gasteiger partial charge >= 0.3 is 6.01 Å². The number of ether oxygens (including phenoxy) is 1. The summed E-state index contributed by atoms with van der Waals surface area (Å²) in [5.41, 5.74) is 0.774. The SMILES string of the molecule is CN1CCC(Oc2nccc(N3Cc4ccccc4S3(=O)=O)n2)C1. The van der Waals surface area contributed by atoms with Crippen molar-refractivity contribution >= 4 is 15.8 Å². The number of anilines is 1. The first-order valence-electron chi connectivity index (χ1n) is 7.83. The van der Waals surface area contributed by atoms with Crippen molar-refractivity contribution in [2.45, 2.75) is 24.0 Å². The van der Waals surface area contributed by atoms with E-state index in [1.165, 1.54) is 10.5 Å². The number of hydrogen-bond acceptors (Lipinski definition) is 6. The zero-order chi connectivity index (χ0) is 16.7. The minimum absolute atomic E-state index is 0.0395. The molecule has 1 saturated heterocycles. The van der Waals surface area contributed by atoms with Gasteiger partial charge in [-0.05, 0) is 25.1 Å². The van der Waals surface area contributed by atoms with Crippen LogP contribution in [0.25, 0.3) is 0 Å². The third kappa shape index (κ3) is 2.61. The molecule has 1 aromatic carbocycles. The summed E-state index contributed by atoms with van der Waals surface area (Å²) >= 11 is 0. The fourth-order valence-electron chi connectivity index (χ4n) is 3.12. The van der Waals surface area contributed by atoms with E-state index in [2.05, 4.69) is 14.9 Å². The molecule has 0 bridgehead atoms. The van der Waals surface area contributed by atoms with Crippen molar-refractivity contribution in [2.24, 2.45) is 0 Å². The van der Waals surface area contributed by atoms with Crippen molar-refractivity contribution in [1.29, 1.82) is 0 Å². The Kier molecular flexibility index (Phi) is 3.65. The highest BCUT2D eigenvalue weighted by Crippen LogP contribution is 2.33. The summed E-state index contributed by atoms with van der Waals surface area (Å²) in [5.74, 6) is 0.336. The van der Waals surface area contributed by atoms with E-state index < -0.39 is 10.0 Å². The highest BCUT2D eigenvalue weighted by atomic mass is 32.2. The number of nitrogens with zero attached hydrogens (tertiary/aromatic N) is 4. The molecule has 7 nitrogen and oxygen atoms in total. The highest BCUT2D eigenvalue weighted by Gasteiger charge is 2.35. The van der Waals surface area contributed by atoms with Crippen molar-refractivity contribution in [3.05, 3.63) is 42.1 Å². The van der Waals surface area contributed by atoms with Crippen LogP contribution in [0.15, 0.2) is 41.4 Å². The van der Waals surface area contributed by atoms with Gasteiger partial charge < -0.3 is 9.64 Å². The van der Waals surface area contributed by atoms with Crippen molar-refractivity contribution in [2.75, 3.05) is 24.4 Å². The maximum Gasteiger partial charge on any atom is 0.318 e. The third-order valence-electron chi connectivity index (χ3n) is 4.35. The Balaban J connectivity index is 1.61. The number of hydrogen-bond donors (Lipinski definition) is 0. The Morgan fingerprint density at radius 1 is 1.25 bits per heavy atom. The van der Waals surface area contributed by atoms with E-state index in [4.69, 9.17) is 4.74 Å². The molecule has 0 N–H and O–H groups in total. The number of benzene rings is 1. The topological polar surface area (TPSA) is 75.6 Å². The summed E-state index contributed by atoms with van der Waals surface area (Å²) in [6, 6.07) is 8.82. The van der Waals surface area contributed by atoms with Crippen LogP contribution in [0.2, 0.25) is 0 Å². The normalized spacial score (nSPS) is 22.5. The Morgan fingerprint density at radius 3 is 2.83 bits per heavy atom. The minimum Gasteiger partial charge on any atom is -0.459 e. The average molecular weight is 346 g/mol. The van der Waals surface area contributed by atoms with E-state index in [0.29, 0.717) is 10.7 Å². The second-order valence-electron chi connectivity index (χ2n) is 6.11. The van der Waals surface area contributed by atoms with Crippen LogP contribution < -0.4 is 9.04 Å². The van der Waals surface area contributed by atoms with E-state index >= 15 is 0 Å². The number of likely N-dealkylation sites (tertiary alicyclic amines) is 1. The number of fused-ring (bicyclic) bond motifs is 1. The van der Waals surface area contributed by atoms with Crippen LogP contribution >= 0.6 is 0 Å². The first-order valence-corrected chi connectivity index (χ1v) is 9.27. The zero-order valence-electron chi connectivity index (χ0n) is 13.3. The average Bonchev–Trinajstić information content (AvgIpc) is 3.09. The van der Waals surface area contributed by atoms with Crippen LogP contribution in [0.5, 0.6) is 6.01 Å². The Bertz CT molecular complexity index is 871. The van der Waals surface area contributed by atoms with Crippen LogP contribution in [0.4, 0.5) is 5.82 Å². The highest BCUT2D eigenvalue weighted by molar-refractivity contribution is 7.93. The molecular formula is C16H18N4O3S. The van der Waals surface area contributed by atoms with E-state index in [1.807, 2.05) is 19.2 Å². The standard InChI is InChI=1S/C16H18N4O3S/c1-19-9-7-13(11-19)23-16-17-8-6-15(18-16)20-10-12-4-2-3-5-14(12)24(20,21)22/h2-6,8,13H,7,9-11H2,1H3. The molecule has 24 heavy (non-hydrogen) atoms. The quantitative estimate of drug-likeness (QED) is 0.833. The monoisotopic (exact) mass is 346 g/mol. The van der Waals surface area contributed by atoms with Crippen molar-refractivity contribution in [3.8, 4) is 6.01 Å². The van der Waals surface area contributed by atoms with Crippen LogP contribution in [-0.4, -0.2) is 49.5 Å². The second kappa shape index (κ2) is 5.71. The smallest absolute Gasteiger partial charge is 0.318 e. The van der Waals surface area contributed by atoms with Gasteiger partial charge in [-0.3, -0.25) is 0 Å². The fourth-order valence-corrected chi connectivity index (χ4v) is 4.72. The van der Waals surface area contributed by atoms with Gasteiger partial charge in [0.25, 0.3) is 10.0 Å². The van der Waals surface area contributed by atoms with Gasteiger partial charge in [-0.25, -0.2) is 17.7 Å². The summed E-state index contributed by atoms with van der Waals surface area (Å²) in [7, 11) is -1.54. The summed E-state index contributed by atoms with van der Waals surface area (Å²) < 4.78 is 32.5. The minimum atomic E-state index is -3.57. The number of rotatable bonds is 3. The molecule has 2 aliphatic heterocycles. The van der Waals surface area contributed by atoms with Crippen LogP contribution in [0, 0.1) is 0 Å². The van der Waals surface area contributed by atoms with Crippen molar-refractivity contribution in [3.63, 3.8) is 0 Å². The summed E-state index contributed by atoms with van der Waals surface area (Å²) in [6.07, 6.45) is 2.49. The van der Waals surface area contributed by atoms with Gasteiger partial charge in [0.15, 0.2) is 0 Å².